The highest BCUT2D eigenvalue weighted by atomic mass is 32.2. The smallest absolute Gasteiger partial charge is 0.321 e. The molecular weight excluding hydrogens is 392 g/mol. The van der Waals surface area contributed by atoms with Gasteiger partial charge in [-0.15, -0.1) is 0 Å². The van der Waals surface area contributed by atoms with E-state index in [1.165, 1.54) is 7.11 Å². The number of benzene rings is 1. The molecule has 0 saturated heterocycles. The van der Waals surface area contributed by atoms with Gasteiger partial charge in [-0.05, 0) is 18.6 Å². The predicted octanol–water partition coefficient (Wildman–Crippen LogP) is 2.54. The average Bonchev–Trinajstić information content (AvgIpc) is 2.71. The Bertz CT molecular complexity index is 884. The number of nitrogens with one attached hydrogen (secondary N) is 2. The number of imide groups is 1. The number of aromatic nitrogens is 2. The number of ether oxygens (including phenoxy) is 1. The van der Waals surface area contributed by atoms with Crippen molar-refractivity contribution in [3.63, 3.8) is 0 Å². The molecule has 0 aliphatic rings. The summed E-state index contributed by atoms with van der Waals surface area (Å²) < 4.78 is 6.47. The Hall–Kier alpha value is -2.39. The molecule has 0 fully saturated rings. The van der Waals surface area contributed by atoms with Crippen LogP contribution in [0.15, 0.2) is 34.2 Å². The fourth-order valence-corrected chi connectivity index (χ4v) is 3.58. The molecule has 1 aromatic carbocycles. The molecule has 0 bridgehead atoms. The first kappa shape index (κ1) is 22.9. The van der Waals surface area contributed by atoms with E-state index in [-0.39, 0.29) is 11.3 Å². The molecule has 158 valence electrons. The van der Waals surface area contributed by atoms with Gasteiger partial charge in [-0.1, -0.05) is 50.1 Å². The van der Waals surface area contributed by atoms with E-state index in [1.807, 2.05) is 12.1 Å². The third-order valence-electron chi connectivity index (χ3n) is 4.24. The number of hydrogen-bond acceptors (Lipinski definition) is 6. The van der Waals surface area contributed by atoms with Crippen LogP contribution in [-0.4, -0.2) is 47.5 Å². The van der Waals surface area contributed by atoms with Crippen molar-refractivity contribution in [2.75, 3.05) is 26.0 Å². The summed E-state index contributed by atoms with van der Waals surface area (Å²) in [7, 11) is 1.53. The van der Waals surface area contributed by atoms with Crippen LogP contribution in [0.5, 0.6) is 0 Å². The van der Waals surface area contributed by atoms with Crippen molar-refractivity contribution in [3.8, 4) is 0 Å². The number of para-hydroxylation sites is 1. The molecule has 29 heavy (non-hydrogen) atoms. The number of urea groups is 1. The van der Waals surface area contributed by atoms with Gasteiger partial charge in [0, 0.05) is 20.2 Å². The van der Waals surface area contributed by atoms with Crippen LogP contribution in [-0.2, 0) is 16.1 Å². The summed E-state index contributed by atoms with van der Waals surface area (Å²) in [6.07, 6.45) is 4.12. The normalized spacial score (nSPS) is 10.8. The summed E-state index contributed by atoms with van der Waals surface area (Å²) in [5.41, 5.74) is 0.495. The third kappa shape index (κ3) is 7.17. The maximum atomic E-state index is 12.9. The lowest BCUT2D eigenvalue weighted by atomic mass is 10.2. The fourth-order valence-electron chi connectivity index (χ4n) is 2.76. The Labute approximate surface area is 174 Å². The molecule has 9 heteroatoms. The second-order valence-electron chi connectivity index (χ2n) is 6.51. The summed E-state index contributed by atoms with van der Waals surface area (Å²) >= 11 is 1.15. The van der Waals surface area contributed by atoms with Crippen molar-refractivity contribution in [2.45, 2.75) is 44.3 Å². The van der Waals surface area contributed by atoms with E-state index in [9.17, 15) is 14.4 Å². The van der Waals surface area contributed by atoms with Crippen molar-refractivity contribution in [1.29, 1.82) is 0 Å². The molecule has 0 unspecified atom stereocenters. The predicted molar refractivity (Wildman–Crippen MR) is 114 cm³/mol. The first-order valence-corrected chi connectivity index (χ1v) is 10.7. The van der Waals surface area contributed by atoms with Gasteiger partial charge < -0.3 is 10.1 Å². The summed E-state index contributed by atoms with van der Waals surface area (Å²) in [6, 6.07) is 6.61. The molecule has 8 nitrogen and oxygen atoms in total. The second kappa shape index (κ2) is 12.2. The Morgan fingerprint density at radius 3 is 2.76 bits per heavy atom. The van der Waals surface area contributed by atoms with Crippen LogP contribution in [0.25, 0.3) is 10.9 Å². The van der Waals surface area contributed by atoms with Crippen LogP contribution in [0, 0.1) is 0 Å². The first-order chi connectivity index (χ1) is 14.1. The maximum absolute atomic E-state index is 12.9. The number of fused-ring (bicyclic) bond motifs is 1. The van der Waals surface area contributed by atoms with Gasteiger partial charge in [0.1, 0.15) is 0 Å². The van der Waals surface area contributed by atoms with Crippen LogP contribution < -0.4 is 16.2 Å². The minimum absolute atomic E-state index is 0.0164. The largest absolute Gasteiger partial charge is 0.383 e. The third-order valence-corrected chi connectivity index (χ3v) is 5.22. The molecule has 2 aromatic rings. The van der Waals surface area contributed by atoms with Gasteiger partial charge in [-0.3, -0.25) is 19.5 Å². The summed E-state index contributed by atoms with van der Waals surface area (Å²) in [6.45, 7) is 3.36. The standard InChI is InChI=1S/C20H28N4O4S/c1-3-4-5-8-12-24-18(26)15-9-6-7-10-16(15)22-20(24)29-14-17(25)23-19(27)21-11-13-28-2/h6-7,9-10H,3-5,8,11-14H2,1-2H3,(H2,21,23,25,27). The molecule has 1 heterocycles. The van der Waals surface area contributed by atoms with E-state index in [0.29, 0.717) is 35.8 Å². The summed E-state index contributed by atoms with van der Waals surface area (Å²) in [4.78, 5) is 41.2. The lowest BCUT2D eigenvalue weighted by Crippen LogP contribution is -2.41. The lowest BCUT2D eigenvalue weighted by molar-refractivity contribution is -0.117. The highest BCUT2D eigenvalue weighted by Crippen LogP contribution is 2.18. The highest BCUT2D eigenvalue weighted by Gasteiger charge is 2.14. The Morgan fingerprint density at radius 1 is 1.21 bits per heavy atom. The molecule has 0 spiro atoms. The van der Waals surface area contributed by atoms with Gasteiger partial charge in [0.2, 0.25) is 5.91 Å². The summed E-state index contributed by atoms with van der Waals surface area (Å²) in [5, 5.41) is 5.83. The molecule has 0 atom stereocenters. The van der Waals surface area contributed by atoms with Gasteiger partial charge in [0.05, 0.1) is 23.3 Å². The minimum atomic E-state index is -0.573. The van der Waals surface area contributed by atoms with Gasteiger partial charge >= 0.3 is 6.03 Å². The molecule has 1 aromatic heterocycles. The van der Waals surface area contributed by atoms with Crippen molar-refractivity contribution < 1.29 is 14.3 Å². The van der Waals surface area contributed by atoms with Gasteiger partial charge in [0.25, 0.3) is 5.56 Å². The summed E-state index contributed by atoms with van der Waals surface area (Å²) in [5.74, 6) is -0.470. The van der Waals surface area contributed by atoms with E-state index in [4.69, 9.17) is 4.74 Å². The van der Waals surface area contributed by atoms with Gasteiger partial charge in [-0.25, -0.2) is 9.78 Å². The van der Waals surface area contributed by atoms with E-state index in [1.54, 1.807) is 16.7 Å². The molecule has 0 aliphatic heterocycles. The average molecular weight is 421 g/mol. The molecule has 2 N–H and O–H groups in total. The SMILES string of the molecule is CCCCCCn1c(SCC(=O)NC(=O)NCCOC)nc2ccccc2c1=O. The number of carbonyl (C=O) groups excluding carboxylic acids is 2. The molecule has 3 amide bonds. The van der Waals surface area contributed by atoms with Gasteiger partial charge in [0.15, 0.2) is 5.16 Å². The number of carbonyl (C=O) groups is 2. The number of unbranched alkanes of at least 4 members (excludes halogenated alkanes) is 3. The quantitative estimate of drug-likeness (QED) is 0.329. The van der Waals surface area contributed by atoms with E-state index in [2.05, 4.69) is 22.5 Å². The lowest BCUT2D eigenvalue weighted by Gasteiger charge is -2.13. The zero-order valence-electron chi connectivity index (χ0n) is 16.9. The molecule has 0 saturated carbocycles. The Morgan fingerprint density at radius 2 is 2.00 bits per heavy atom. The van der Waals surface area contributed by atoms with Crippen LogP contribution in [0.1, 0.15) is 32.6 Å². The zero-order valence-corrected chi connectivity index (χ0v) is 17.7. The first-order valence-electron chi connectivity index (χ1n) is 9.75. The topological polar surface area (TPSA) is 102 Å². The monoisotopic (exact) mass is 420 g/mol. The molecule has 0 aliphatic carbocycles. The van der Waals surface area contributed by atoms with Crippen molar-refractivity contribution >= 4 is 34.6 Å². The maximum Gasteiger partial charge on any atom is 0.321 e. The molecule has 0 radical (unpaired) electrons. The number of hydrogen-bond donors (Lipinski definition) is 2. The van der Waals surface area contributed by atoms with E-state index in [0.717, 1.165) is 37.4 Å². The zero-order chi connectivity index (χ0) is 21.1. The van der Waals surface area contributed by atoms with E-state index < -0.39 is 11.9 Å². The molecular formula is C20H28N4O4S. The van der Waals surface area contributed by atoms with Crippen LogP contribution in [0.4, 0.5) is 4.79 Å². The second-order valence-corrected chi connectivity index (χ2v) is 7.46. The van der Waals surface area contributed by atoms with Crippen LogP contribution in [0.3, 0.4) is 0 Å². The number of amides is 3. The van der Waals surface area contributed by atoms with Gasteiger partial charge in [-0.2, -0.15) is 0 Å². The minimum Gasteiger partial charge on any atom is -0.383 e. The van der Waals surface area contributed by atoms with Crippen LogP contribution in [0.2, 0.25) is 0 Å². The van der Waals surface area contributed by atoms with Crippen molar-refractivity contribution in [1.82, 2.24) is 20.2 Å². The number of thioether (sulfide) groups is 1. The van der Waals surface area contributed by atoms with E-state index >= 15 is 0 Å². The van der Waals surface area contributed by atoms with Crippen molar-refractivity contribution in [3.05, 3.63) is 34.6 Å². The number of nitrogens with zero attached hydrogens (tertiary/aromatic N) is 2. The number of rotatable bonds is 11. The van der Waals surface area contributed by atoms with Crippen LogP contribution >= 0.6 is 11.8 Å². The molecule has 2 rings (SSSR count). The number of methoxy groups -OCH3 is 1. The van der Waals surface area contributed by atoms with Crippen molar-refractivity contribution in [2.24, 2.45) is 0 Å². The highest BCUT2D eigenvalue weighted by molar-refractivity contribution is 7.99. The Balaban J connectivity index is 2.08. The Kier molecular flexibility index (Phi) is 9.66. The fraction of sp³-hybridized carbons (Fsp3) is 0.500.